The molecule has 1 saturated carbocycles. The molecule has 2 atom stereocenters. The van der Waals surface area contributed by atoms with Crippen molar-refractivity contribution in [2.24, 2.45) is 11.3 Å². The van der Waals surface area contributed by atoms with Gasteiger partial charge in [-0.15, -0.1) is 0 Å². The Kier molecular flexibility index (Phi) is 5.20. The van der Waals surface area contributed by atoms with Crippen LogP contribution in [0, 0.1) is 11.3 Å². The molecule has 0 heterocycles. The lowest BCUT2D eigenvalue weighted by atomic mass is 9.73. The number of aliphatic carboxylic acids is 1. The standard InChI is InChI=1S/C14H26N2O3/c1-9(2)11(12(17)18)16-13(19)15-10-7-5-6-8-14(10,3)4/h9-11H,5-8H2,1-4H3,(H,17,18)(H2,15,16,19). The summed E-state index contributed by atoms with van der Waals surface area (Å²) in [5, 5.41) is 14.5. The second kappa shape index (κ2) is 6.26. The van der Waals surface area contributed by atoms with Gasteiger partial charge in [0.15, 0.2) is 0 Å². The van der Waals surface area contributed by atoms with Gasteiger partial charge >= 0.3 is 12.0 Å². The fourth-order valence-electron chi connectivity index (χ4n) is 2.62. The molecule has 19 heavy (non-hydrogen) atoms. The first kappa shape index (κ1) is 15.8. The normalized spacial score (nSPS) is 23.7. The number of carbonyl (C=O) groups excluding carboxylic acids is 1. The smallest absolute Gasteiger partial charge is 0.326 e. The Morgan fingerprint density at radius 2 is 1.89 bits per heavy atom. The Morgan fingerprint density at radius 3 is 2.37 bits per heavy atom. The summed E-state index contributed by atoms with van der Waals surface area (Å²) in [6, 6.07) is -1.10. The molecule has 5 nitrogen and oxygen atoms in total. The molecule has 110 valence electrons. The van der Waals surface area contributed by atoms with Crippen LogP contribution < -0.4 is 10.6 Å². The van der Waals surface area contributed by atoms with E-state index in [2.05, 4.69) is 24.5 Å². The molecule has 1 aliphatic rings. The van der Waals surface area contributed by atoms with Crippen LogP contribution >= 0.6 is 0 Å². The SMILES string of the molecule is CC(C)C(NC(=O)NC1CCCCC1(C)C)C(=O)O. The van der Waals surface area contributed by atoms with Gasteiger partial charge < -0.3 is 15.7 Å². The van der Waals surface area contributed by atoms with E-state index in [1.807, 2.05) is 0 Å². The predicted molar refractivity (Wildman–Crippen MR) is 74.0 cm³/mol. The maximum absolute atomic E-state index is 11.9. The number of hydrogen-bond acceptors (Lipinski definition) is 2. The highest BCUT2D eigenvalue weighted by atomic mass is 16.4. The zero-order valence-electron chi connectivity index (χ0n) is 12.3. The first-order chi connectivity index (χ1) is 8.74. The molecule has 0 radical (unpaired) electrons. The van der Waals surface area contributed by atoms with Gasteiger partial charge in [0, 0.05) is 6.04 Å². The maximum Gasteiger partial charge on any atom is 0.326 e. The summed E-state index contributed by atoms with van der Waals surface area (Å²) >= 11 is 0. The number of nitrogens with one attached hydrogen (secondary N) is 2. The second-order valence-electron chi connectivity index (χ2n) is 6.46. The van der Waals surface area contributed by atoms with Gasteiger partial charge in [-0.25, -0.2) is 9.59 Å². The molecule has 0 aromatic rings. The first-order valence-electron chi connectivity index (χ1n) is 7.04. The Morgan fingerprint density at radius 1 is 1.26 bits per heavy atom. The lowest BCUT2D eigenvalue weighted by molar-refractivity contribution is -0.140. The third kappa shape index (κ3) is 4.40. The summed E-state index contributed by atoms with van der Waals surface area (Å²) in [5.41, 5.74) is 0.0755. The van der Waals surface area contributed by atoms with Gasteiger partial charge in [0.2, 0.25) is 0 Å². The van der Waals surface area contributed by atoms with Crippen molar-refractivity contribution in [2.45, 2.75) is 65.5 Å². The average molecular weight is 270 g/mol. The molecular weight excluding hydrogens is 244 g/mol. The van der Waals surface area contributed by atoms with Crippen molar-refractivity contribution in [1.29, 1.82) is 0 Å². The zero-order chi connectivity index (χ0) is 14.6. The van der Waals surface area contributed by atoms with Crippen molar-refractivity contribution in [2.75, 3.05) is 0 Å². The number of urea groups is 1. The van der Waals surface area contributed by atoms with Crippen molar-refractivity contribution in [1.82, 2.24) is 10.6 Å². The minimum atomic E-state index is -0.993. The molecule has 0 saturated heterocycles. The number of carboxylic acid groups (broad SMARTS) is 1. The molecule has 5 heteroatoms. The van der Waals surface area contributed by atoms with E-state index in [-0.39, 0.29) is 23.4 Å². The quantitative estimate of drug-likeness (QED) is 0.733. The highest BCUT2D eigenvalue weighted by Crippen LogP contribution is 2.35. The molecule has 1 aliphatic carbocycles. The van der Waals surface area contributed by atoms with Gasteiger partial charge in [0.25, 0.3) is 0 Å². The molecule has 0 aromatic heterocycles. The highest BCUT2D eigenvalue weighted by molar-refractivity contribution is 5.82. The number of rotatable bonds is 4. The number of amides is 2. The lowest BCUT2D eigenvalue weighted by Crippen LogP contribution is -2.54. The van der Waals surface area contributed by atoms with Crippen molar-refractivity contribution >= 4 is 12.0 Å². The molecular formula is C14H26N2O3. The summed E-state index contributed by atoms with van der Waals surface area (Å²) in [4.78, 5) is 23.0. The Balaban J connectivity index is 2.56. The Bertz CT molecular complexity index is 340. The van der Waals surface area contributed by atoms with Gasteiger partial charge in [-0.05, 0) is 24.2 Å². The maximum atomic E-state index is 11.9. The van der Waals surface area contributed by atoms with E-state index in [0.717, 1.165) is 19.3 Å². The van der Waals surface area contributed by atoms with Crippen LogP contribution in [-0.2, 0) is 4.79 Å². The van der Waals surface area contributed by atoms with E-state index in [4.69, 9.17) is 5.11 Å². The van der Waals surface area contributed by atoms with Gasteiger partial charge in [-0.1, -0.05) is 40.5 Å². The summed E-state index contributed by atoms with van der Waals surface area (Å²) < 4.78 is 0. The van der Waals surface area contributed by atoms with Crippen LogP contribution in [0.2, 0.25) is 0 Å². The fourth-order valence-corrected chi connectivity index (χ4v) is 2.62. The zero-order valence-corrected chi connectivity index (χ0v) is 12.3. The Labute approximate surface area is 115 Å². The molecule has 2 amide bonds. The van der Waals surface area contributed by atoms with Crippen LogP contribution in [0.3, 0.4) is 0 Å². The number of hydrogen-bond donors (Lipinski definition) is 3. The molecule has 0 aliphatic heterocycles. The summed E-state index contributed by atoms with van der Waals surface area (Å²) in [7, 11) is 0. The molecule has 0 spiro atoms. The third-order valence-corrected chi connectivity index (χ3v) is 4.03. The summed E-state index contributed by atoms with van der Waals surface area (Å²) in [6.45, 7) is 7.86. The van der Waals surface area contributed by atoms with E-state index in [1.165, 1.54) is 6.42 Å². The summed E-state index contributed by atoms with van der Waals surface area (Å²) in [5.74, 6) is -1.13. The Hall–Kier alpha value is -1.26. The lowest BCUT2D eigenvalue weighted by Gasteiger charge is -2.39. The molecule has 0 bridgehead atoms. The van der Waals surface area contributed by atoms with Crippen molar-refractivity contribution in [3.8, 4) is 0 Å². The highest BCUT2D eigenvalue weighted by Gasteiger charge is 2.34. The van der Waals surface area contributed by atoms with Gasteiger partial charge in [-0.2, -0.15) is 0 Å². The summed E-state index contributed by atoms with van der Waals surface area (Å²) in [6.07, 6.45) is 4.35. The minimum Gasteiger partial charge on any atom is -0.480 e. The molecule has 0 aromatic carbocycles. The molecule has 2 unspecified atom stereocenters. The van der Waals surface area contributed by atoms with Crippen LogP contribution in [0.25, 0.3) is 0 Å². The minimum absolute atomic E-state index is 0.0755. The second-order valence-corrected chi connectivity index (χ2v) is 6.46. The van der Waals surface area contributed by atoms with Crippen molar-refractivity contribution in [3.63, 3.8) is 0 Å². The third-order valence-electron chi connectivity index (χ3n) is 4.03. The first-order valence-corrected chi connectivity index (χ1v) is 7.04. The van der Waals surface area contributed by atoms with Crippen LogP contribution in [0.15, 0.2) is 0 Å². The van der Waals surface area contributed by atoms with Crippen LogP contribution in [0.4, 0.5) is 4.79 Å². The van der Waals surface area contributed by atoms with Gasteiger partial charge in [-0.3, -0.25) is 0 Å². The number of carbonyl (C=O) groups is 2. The molecule has 1 rings (SSSR count). The van der Waals surface area contributed by atoms with E-state index >= 15 is 0 Å². The van der Waals surface area contributed by atoms with Crippen LogP contribution in [-0.4, -0.2) is 29.2 Å². The molecule has 1 fully saturated rings. The van der Waals surface area contributed by atoms with E-state index in [0.29, 0.717) is 0 Å². The predicted octanol–water partition coefficient (Wildman–Crippen LogP) is 2.36. The van der Waals surface area contributed by atoms with Gasteiger partial charge in [0.1, 0.15) is 6.04 Å². The topological polar surface area (TPSA) is 78.4 Å². The molecule has 3 N–H and O–H groups in total. The largest absolute Gasteiger partial charge is 0.480 e. The van der Waals surface area contributed by atoms with Crippen LogP contribution in [0.5, 0.6) is 0 Å². The fraction of sp³-hybridized carbons (Fsp3) is 0.857. The van der Waals surface area contributed by atoms with E-state index in [1.54, 1.807) is 13.8 Å². The van der Waals surface area contributed by atoms with Crippen LogP contribution in [0.1, 0.15) is 53.4 Å². The van der Waals surface area contributed by atoms with Gasteiger partial charge in [0.05, 0.1) is 0 Å². The van der Waals surface area contributed by atoms with E-state index < -0.39 is 12.0 Å². The average Bonchev–Trinajstić information content (AvgIpc) is 2.28. The van der Waals surface area contributed by atoms with Crippen molar-refractivity contribution < 1.29 is 14.7 Å². The van der Waals surface area contributed by atoms with E-state index in [9.17, 15) is 9.59 Å². The number of carboxylic acids is 1. The van der Waals surface area contributed by atoms with Crippen molar-refractivity contribution in [3.05, 3.63) is 0 Å². The monoisotopic (exact) mass is 270 g/mol.